The van der Waals surface area contributed by atoms with E-state index in [0.717, 1.165) is 32.5 Å². The third-order valence-electron chi connectivity index (χ3n) is 2.27. The highest BCUT2D eigenvalue weighted by Crippen LogP contribution is 1.91. The van der Waals surface area contributed by atoms with Crippen molar-refractivity contribution in [2.75, 3.05) is 26.4 Å². The number of unbranched alkanes of at least 4 members (excludes halogenated alkanes) is 1. The molecular weight excluding hydrogens is 256 g/mol. The minimum atomic E-state index is -0.502. The summed E-state index contributed by atoms with van der Waals surface area (Å²) in [5.74, 6) is 0. The molecule has 0 unspecified atom stereocenters. The molecule has 5 heteroatoms. The summed E-state index contributed by atoms with van der Waals surface area (Å²) in [6, 6.07) is 1.90. The van der Waals surface area contributed by atoms with E-state index in [4.69, 9.17) is 14.7 Å². The Kier molecular flexibility index (Phi) is 13.9. The lowest BCUT2D eigenvalue weighted by Gasteiger charge is -2.01. The molecule has 0 aromatic rings. The van der Waals surface area contributed by atoms with Crippen molar-refractivity contribution in [3.63, 3.8) is 0 Å². The predicted molar refractivity (Wildman–Crippen MR) is 78.2 cm³/mol. The Morgan fingerprint density at radius 2 is 2.05 bits per heavy atom. The fraction of sp³-hybridized carbons (Fsp3) is 0.600. The van der Waals surface area contributed by atoms with Gasteiger partial charge in [0.05, 0.1) is 19.1 Å². The summed E-state index contributed by atoms with van der Waals surface area (Å²) in [6.45, 7) is 4.25. The molecule has 5 nitrogen and oxygen atoms in total. The van der Waals surface area contributed by atoms with Gasteiger partial charge in [0.2, 0.25) is 0 Å². The van der Waals surface area contributed by atoms with Crippen molar-refractivity contribution < 1.29 is 14.3 Å². The largest absolute Gasteiger partial charge is 0.448 e. The van der Waals surface area contributed by atoms with E-state index in [1.165, 1.54) is 0 Å². The number of allylic oxidation sites excluding steroid dienone is 2. The van der Waals surface area contributed by atoms with Crippen LogP contribution in [0.25, 0.3) is 0 Å². The van der Waals surface area contributed by atoms with Gasteiger partial charge in [0.25, 0.3) is 0 Å². The fourth-order valence-corrected chi connectivity index (χ4v) is 1.20. The first-order chi connectivity index (χ1) is 9.81. The van der Waals surface area contributed by atoms with Gasteiger partial charge in [-0.25, -0.2) is 4.79 Å². The fourth-order valence-electron chi connectivity index (χ4n) is 1.20. The molecule has 0 spiro atoms. The summed E-state index contributed by atoms with van der Waals surface area (Å²) in [5.41, 5.74) is 0. The zero-order valence-corrected chi connectivity index (χ0v) is 12.1. The number of ether oxygens (including phenoxy) is 2. The van der Waals surface area contributed by atoms with E-state index in [0.29, 0.717) is 6.54 Å². The number of hydrogen-bond acceptors (Lipinski definition) is 4. The summed E-state index contributed by atoms with van der Waals surface area (Å²) in [7, 11) is 0. The van der Waals surface area contributed by atoms with Gasteiger partial charge in [-0.15, -0.1) is 0 Å². The van der Waals surface area contributed by atoms with Crippen molar-refractivity contribution in [1.82, 2.24) is 5.32 Å². The van der Waals surface area contributed by atoms with Gasteiger partial charge in [-0.05, 0) is 12.8 Å². The van der Waals surface area contributed by atoms with Crippen LogP contribution in [0, 0.1) is 11.3 Å². The van der Waals surface area contributed by atoms with Crippen LogP contribution in [-0.2, 0) is 9.47 Å². The molecule has 1 amide bonds. The molecule has 0 saturated heterocycles. The van der Waals surface area contributed by atoms with Crippen LogP contribution in [0.5, 0.6) is 0 Å². The van der Waals surface area contributed by atoms with Gasteiger partial charge in [0.1, 0.15) is 6.61 Å². The normalized spacial score (nSPS) is 10.8. The standard InChI is InChI=1S/C15H24N2O3/c1-2-3-12-19-13-8-6-4-5-7-11-17-15(18)20-14-9-10-16/h4-7H,2-3,8-9,11-14H2,1H3,(H,17,18)/b6-4+,7-5+. The number of amides is 1. The van der Waals surface area contributed by atoms with Crippen LogP contribution in [0.2, 0.25) is 0 Å². The minimum Gasteiger partial charge on any atom is -0.448 e. The van der Waals surface area contributed by atoms with Crippen LogP contribution in [0.15, 0.2) is 24.3 Å². The average Bonchev–Trinajstić information content (AvgIpc) is 2.45. The number of alkyl carbamates (subject to hydrolysis) is 1. The van der Waals surface area contributed by atoms with Crippen LogP contribution in [-0.4, -0.2) is 32.5 Å². The Labute approximate surface area is 121 Å². The molecule has 0 aromatic carbocycles. The number of hydrogen-bond donors (Lipinski definition) is 1. The Morgan fingerprint density at radius 3 is 2.80 bits per heavy atom. The highest BCUT2D eigenvalue weighted by atomic mass is 16.5. The van der Waals surface area contributed by atoms with Crippen molar-refractivity contribution in [3.8, 4) is 6.07 Å². The maximum Gasteiger partial charge on any atom is 0.407 e. The Bertz CT molecular complexity index is 333. The molecule has 0 saturated carbocycles. The van der Waals surface area contributed by atoms with E-state index in [9.17, 15) is 4.79 Å². The van der Waals surface area contributed by atoms with Gasteiger partial charge in [0.15, 0.2) is 0 Å². The Morgan fingerprint density at radius 1 is 1.25 bits per heavy atom. The molecule has 0 heterocycles. The lowest BCUT2D eigenvalue weighted by Crippen LogP contribution is -2.24. The SMILES string of the molecule is CCCCOCC/C=C/C=C/CNC(=O)OCCC#N. The van der Waals surface area contributed by atoms with Gasteiger partial charge in [0, 0.05) is 13.2 Å². The van der Waals surface area contributed by atoms with Crippen LogP contribution < -0.4 is 5.32 Å². The van der Waals surface area contributed by atoms with E-state index >= 15 is 0 Å². The molecule has 0 aliphatic heterocycles. The lowest BCUT2D eigenvalue weighted by atomic mass is 10.3. The number of rotatable bonds is 11. The summed E-state index contributed by atoms with van der Waals surface area (Å²) in [6.07, 6.45) is 10.5. The quantitative estimate of drug-likeness (QED) is 0.466. The second kappa shape index (κ2) is 15.3. The van der Waals surface area contributed by atoms with Crippen molar-refractivity contribution in [3.05, 3.63) is 24.3 Å². The second-order valence-corrected chi connectivity index (χ2v) is 4.04. The predicted octanol–water partition coefficient (Wildman–Crippen LogP) is 2.95. The molecule has 112 valence electrons. The Hall–Kier alpha value is -1.80. The van der Waals surface area contributed by atoms with E-state index < -0.39 is 6.09 Å². The van der Waals surface area contributed by atoms with Gasteiger partial charge in [-0.3, -0.25) is 0 Å². The van der Waals surface area contributed by atoms with Crippen molar-refractivity contribution in [1.29, 1.82) is 5.26 Å². The zero-order valence-electron chi connectivity index (χ0n) is 12.1. The zero-order chi connectivity index (χ0) is 14.9. The van der Waals surface area contributed by atoms with Crippen molar-refractivity contribution in [2.45, 2.75) is 32.6 Å². The molecule has 0 aliphatic rings. The van der Waals surface area contributed by atoms with Crippen molar-refractivity contribution in [2.24, 2.45) is 0 Å². The molecule has 20 heavy (non-hydrogen) atoms. The number of carbonyl (C=O) groups excluding carboxylic acids is 1. The highest BCUT2D eigenvalue weighted by Gasteiger charge is 1.97. The third kappa shape index (κ3) is 14.3. The first kappa shape index (κ1) is 18.2. The smallest absolute Gasteiger partial charge is 0.407 e. The summed E-state index contributed by atoms with van der Waals surface area (Å²) < 4.78 is 10.1. The van der Waals surface area contributed by atoms with E-state index in [-0.39, 0.29) is 13.0 Å². The monoisotopic (exact) mass is 280 g/mol. The summed E-state index contributed by atoms with van der Waals surface area (Å²) in [4.78, 5) is 11.1. The highest BCUT2D eigenvalue weighted by molar-refractivity contribution is 5.67. The van der Waals surface area contributed by atoms with Gasteiger partial charge in [-0.1, -0.05) is 37.6 Å². The first-order valence-corrected chi connectivity index (χ1v) is 6.98. The molecule has 0 aliphatic carbocycles. The topological polar surface area (TPSA) is 71.3 Å². The van der Waals surface area contributed by atoms with Gasteiger partial charge in [-0.2, -0.15) is 5.26 Å². The van der Waals surface area contributed by atoms with Gasteiger partial charge < -0.3 is 14.8 Å². The minimum absolute atomic E-state index is 0.129. The average molecular weight is 280 g/mol. The maximum atomic E-state index is 11.1. The van der Waals surface area contributed by atoms with Gasteiger partial charge >= 0.3 is 6.09 Å². The molecule has 0 rings (SSSR count). The molecule has 0 atom stereocenters. The molecule has 0 aromatic heterocycles. The van der Waals surface area contributed by atoms with E-state index in [2.05, 4.69) is 12.2 Å². The lowest BCUT2D eigenvalue weighted by molar-refractivity contribution is 0.136. The molecule has 0 radical (unpaired) electrons. The van der Waals surface area contributed by atoms with Crippen LogP contribution in [0.1, 0.15) is 32.6 Å². The Balaban J connectivity index is 3.38. The maximum absolute atomic E-state index is 11.1. The van der Waals surface area contributed by atoms with E-state index in [1.54, 1.807) is 0 Å². The van der Waals surface area contributed by atoms with Crippen molar-refractivity contribution >= 4 is 6.09 Å². The molecule has 0 bridgehead atoms. The van der Waals surface area contributed by atoms with E-state index in [1.807, 2.05) is 30.4 Å². The summed E-state index contributed by atoms with van der Waals surface area (Å²) >= 11 is 0. The summed E-state index contributed by atoms with van der Waals surface area (Å²) in [5, 5.41) is 10.8. The third-order valence-corrected chi connectivity index (χ3v) is 2.27. The molecule has 1 N–H and O–H groups in total. The number of nitrogens with one attached hydrogen (secondary N) is 1. The van der Waals surface area contributed by atoms with Crippen LogP contribution >= 0.6 is 0 Å². The first-order valence-electron chi connectivity index (χ1n) is 6.98. The number of nitrogens with zero attached hydrogens (tertiary/aromatic N) is 1. The van der Waals surface area contributed by atoms with Crippen LogP contribution in [0.4, 0.5) is 4.79 Å². The van der Waals surface area contributed by atoms with Crippen LogP contribution in [0.3, 0.4) is 0 Å². The number of nitriles is 1. The molecule has 0 fully saturated rings. The second-order valence-electron chi connectivity index (χ2n) is 4.04. The molecular formula is C15H24N2O3. The number of carbonyl (C=O) groups is 1.